The van der Waals surface area contributed by atoms with Gasteiger partial charge in [-0.1, -0.05) is 72.6 Å². The molecule has 1 N–H and O–H groups in total. The van der Waals surface area contributed by atoms with Crippen LogP contribution in [0.4, 0.5) is 0 Å². The fourth-order valence-corrected chi connectivity index (χ4v) is 4.43. The highest BCUT2D eigenvalue weighted by Crippen LogP contribution is 2.46. The minimum absolute atomic E-state index is 0.191. The summed E-state index contributed by atoms with van der Waals surface area (Å²) >= 11 is 12.1. The van der Waals surface area contributed by atoms with E-state index in [0.717, 1.165) is 11.1 Å². The number of carboxylic acids is 1. The highest BCUT2D eigenvalue weighted by atomic mass is 35.5. The Morgan fingerprint density at radius 3 is 2.00 bits per heavy atom. The van der Waals surface area contributed by atoms with E-state index < -0.39 is 18.1 Å². The van der Waals surface area contributed by atoms with Crippen molar-refractivity contribution >= 4 is 35.1 Å². The van der Waals surface area contributed by atoms with Crippen LogP contribution in [0.25, 0.3) is 0 Å². The summed E-state index contributed by atoms with van der Waals surface area (Å²) in [5.41, 5.74) is 2.70. The molecule has 4 nitrogen and oxygen atoms in total. The highest BCUT2D eigenvalue weighted by molar-refractivity contribution is 6.30. The van der Waals surface area contributed by atoms with Gasteiger partial charge in [0.2, 0.25) is 0 Å². The number of rotatable bonds is 5. The first-order valence-corrected chi connectivity index (χ1v) is 10.3. The Morgan fingerprint density at radius 1 is 0.900 bits per heavy atom. The van der Waals surface area contributed by atoms with Crippen LogP contribution in [-0.2, 0) is 4.79 Å². The number of benzene rings is 3. The van der Waals surface area contributed by atoms with Crippen LogP contribution in [0.3, 0.4) is 0 Å². The van der Waals surface area contributed by atoms with Gasteiger partial charge >= 0.3 is 5.97 Å². The lowest BCUT2D eigenvalue weighted by molar-refractivity contribution is -0.143. The predicted octanol–water partition coefficient (Wildman–Crippen LogP) is 6.12. The Balaban J connectivity index is 1.87. The molecule has 3 aromatic rings. The van der Waals surface area contributed by atoms with Gasteiger partial charge in [-0.2, -0.15) is 0 Å². The van der Waals surface area contributed by atoms with Crippen LogP contribution in [0.5, 0.6) is 0 Å². The number of hydrogen-bond donors (Lipinski definition) is 1. The summed E-state index contributed by atoms with van der Waals surface area (Å²) in [6.45, 7) is 1.98. The number of amides is 1. The van der Waals surface area contributed by atoms with E-state index in [4.69, 9.17) is 23.2 Å². The average molecular weight is 440 g/mol. The minimum Gasteiger partial charge on any atom is -0.479 e. The van der Waals surface area contributed by atoms with E-state index >= 15 is 0 Å². The molecule has 0 bridgehead atoms. The van der Waals surface area contributed by atoms with Crippen molar-refractivity contribution in [3.05, 3.63) is 105 Å². The summed E-state index contributed by atoms with van der Waals surface area (Å²) in [4.78, 5) is 27.2. The predicted molar refractivity (Wildman–Crippen MR) is 117 cm³/mol. The summed E-state index contributed by atoms with van der Waals surface area (Å²) in [5, 5.41) is 11.2. The SMILES string of the molecule is CC(c1ccc(Cl)cc1)C(c1ccc(Cl)cc1)N1C(=O)c2ccccc2C1C(=O)O. The normalized spacial score (nSPS) is 17.5. The van der Waals surface area contributed by atoms with Crippen LogP contribution in [0.15, 0.2) is 72.8 Å². The van der Waals surface area contributed by atoms with Crippen LogP contribution in [0.1, 0.15) is 52.0 Å². The Hall–Kier alpha value is -2.82. The molecule has 0 saturated carbocycles. The number of hydrogen-bond acceptors (Lipinski definition) is 2. The van der Waals surface area contributed by atoms with Gasteiger partial charge in [-0.25, -0.2) is 4.79 Å². The monoisotopic (exact) mass is 439 g/mol. The van der Waals surface area contributed by atoms with Crippen molar-refractivity contribution in [2.45, 2.75) is 24.9 Å². The maximum absolute atomic E-state index is 13.4. The van der Waals surface area contributed by atoms with Crippen molar-refractivity contribution in [2.75, 3.05) is 0 Å². The van der Waals surface area contributed by atoms with Gasteiger partial charge in [0.15, 0.2) is 6.04 Å². The molecule has 0 aliphatic carbocycles. The summed E-state index contributed by atoms with van der Waals surface area (Å²) in [6.07, 6.45) is 0. The Bertz CT molecular complexity index is 1100. The first-order valence-electron chi connectivity index (χ1n) is 9.54. The summed E-state index contributed by atoms with van der Waals surface area (Å²) in [6, 6.07) is 19.9. The number of fused-ring (bicyclic) bond motifs is 1. The van der Waals surface area contributed by atoms with E-state index in [1.165, 1.54) is 4.90 Å². The standard InChI is InChI=1S/C24H19Cl2NO3/c1-14(15-6-10-17(25)11-7-15)21(16-8-12-18(26)13-9-16)27-22(24(29)30)19-4-2-3-5-20(19)23(27)28/h2-14,21-22H,1H3,(H,29,30). The molecule has 1 heterocycles. The Labute approximate surface area is 184 Å². The van der Waals surface area contributed by atoms with Gasteiger partial charge in [0.05, 0.1) is 6.04 Å². The highest BCUT2D eigenvalue weighted by Gasteiger charge is 2.46. The molecule has 1 amide bonds. The molecule has 3 unspecified atom stereocenters. The average Bonchev–Trinajstić information content (AvgIpc) is 3.03. The van der Waals surface area contributed by atoms with E-state index in [-0.39, 0.29) is 11.8 Å². The first-order chi connectivity index (χ1) is 14.4. The third-order valence-electron chi connectivity index (χ3n) is 5.61. The van der Waals surface area contributed by atoms with Crippen LogP contribution in [-0.4, -0.2) is 21.9 Å². The first kappa shape index (κ1) is 20.5. The van der Waals surface area contributed by atoms with Crippen LogP contribution in [0, 0.1) is 0 Å². The second kappa shape index (κ2) is 8.13. The zero-order valence-corrected chi connectivity index (χ0v) is 17.6. The van der Waals surface area contributed by atoms with Crippen LogP contribution >= 0.6 is 23.2 Å². The summed E-state index contributed by atoms with van der Waals surface area (Å²) in [7, 11) is 0. The molecular formula is C24H19Cl2NO3. The lowest BCUT2D eigenvalue weighted by Crippen LogP contribution is -2.38. The zero-order valence-electron chi connectivity index (χ0n) is 16.1. The van der Waals surface area contributed by atoms with E-state index in [1.807, 2.05) is 31.2 Å². The molecule has 0 saturated heterocycles. The number of carboxylic acid groups (broad SMARTS) is 1. The molecular weight excluding hydrogens is 421 g/mol. The second-order valence-corrected chi connectivity index (χ2v) is 8.25. The van der Waals surface area contributed by atoms with Crippen molar-refractivity contribution in [1.82, 2.24) is 4.90 Å². The number of carbonyl (C=O) groups is 2. The van der Waals surface area contributed by atoms with Gasteiger partial charge in [0, 0.05) is 21.5 Å². The minimum atomic E-state index is -1.07. The van der Waals surface area contributed by atoms with E-state index in [9.17, 15) is 14.7 Å². The van der Waals surface area contributed by atoms with Gasteiger partial charge in [0.25, 0.3) is 5.91 Å². The smallest absolute Gasteiger partial charge is 0.331 e. The van der Waals surface area contributed by atoms with Crippen molar-refractivity contribution in [3.8, 4) is 0 Å². The molecule has 6 heteroatoms. The van der Waals surface area contributed by atoms with E-state index in [1.54, 1.807) is 48.5 Å². The lowest BCUT2D eigenvalue weighted by Gasteiger charge is -2.36. The van der Waals surface area contributed by atoms with E-state index in [0.29, 0.717) is 21.2 Å². The van der Waals surface area contributed by atoms with Gasteiger partial charge in [-0.3, -0.25) is 4.79 Å². The molecule has 4 rings (SSSR count). The fourth-order valence-electron chi connectivity index (χ4n) is 4.17. The third kappa shape index (κ3) is 3.57. The lowest BCUT2D eigenvalue weighted by atomic mass is 9.86. The van der Waals surface area contributed by atoms with E-state index in [2.05, 4.69) is 0 Å². The van der Waals surface area contributed by atoms with Crippen molar-refractivity contribution < 1.29 is 14.7 Å². The molecule has 30 heavy (non-hydrogen) atoms. The van der Waals surface area contributed by atoms with Gasteiger partial charge in [-0.15, -0.1) is 0 Å². The van der Waals surface area contributed by atoms with Crippen molar-refractivity contribution in [1.29, 1.82) is 0 Å². The Morgan fingerprint density at radius 2 is 1.43 bits per heavy atom. The zero-order chi connectivity index (χ0) is 21.4. The van der Waals surface area contributed by atoms with Gasteiger partial charge in [-0.05, 0) is 47.0 Å². The van der Waals surface area contributed by atoms with Crippen LogP contribution in [0.2, 0.25) is 10.0 Å². The van der Waals surface area contributed by atoms with Crippen molar-refractivity contribution in [3.63, 3.8) is 0 Å². The molecule has 0 radical (unpaired) electrons. The largest absolute Gasteiger partial charge is 0.479 e. The summed E-state index contributed by atoms with van der Waals surface area (Å²) < 4.78 is 0. The van der Waals surface area contributed by atoms with Crippen molar-refractivity contribution in [2.24, 2.45) is 0 Å². The molecule has 0 fully saturated rings. The molecule has 0 aromatic heterocycles. The third-order valence-corrected chi connectivity index (χ3v) is 6.12. The molecule has 0 spiro atoms. The van der Waals surface area contributed by atoms with Gasteiger partial charge in [0.1, 0.15) is 0 Å². The maximum Gasteiger partial charge on any atom is 0.331 e. The number of carbonyl (C=O) groups excluding carboxylic acids is 1. The molecule has 3 atom stereocenters. The quantitative estimate of drug-likeness (QED) is 0.520. The van der Waals surface area contributed by atoms with Gasteiger partial charge < -0.3 is 10.0 Å². The molecule has 1 aliphatic rings. The fraction of sp³-hybridized carbons (Fsp3) is 0.167. The molecule has 152 valence electrons. The molecule has 1 aliphatic heterocycles. The van der Waals surface area contributed by atoms with Crippen LogP contribution < -0.4 is 0 Å². The number of aliphatic carboxylic acids is 1. The Kier molecular flexibility index (Phi) is 5.54. The molecule has 3 aromatic carbocycles. The maximum atomic E-state index is 13.4. The second-order valence-electron chi connectivity index (χ2n) is 7.38. The summed E-state index contributed by atoms with van der Waals surface area (Å²) in [5.74, 6) is -1.54. The topological polar surface area (TPSA) is 57.6 Å². The number of halogens is 2. The number of nitrogens with zero attached hydrogens (tertiary/aromatic N) is 1.